The van der Waals surface area contributed by atoms with Gasteiger partial charge in [0.1, 0.15) is 13.2 Å². The Morgan fingerprint density at radius 2 is 0.487 bits per heavy atom. The number of allylic oxidation sites excluding steroid dienone is 6. The standard InChI is InChI=1S/C74H138O6/c1-4-7-10-13-16-19-22-25-27-28-29-30-31-32-33-34-35-36-37-38-39-40-41-42-43-44-45-47-49-52-55-58-61-64-67-73(76)79-70-71(69-78-72(75)66-63-60-57-54-51-48-24-21-18-15-12-9-6-3)80-74(77)68-65-62-59-56-53-50-46-26-23-20-17-14-11-8-5-2/h8,11,17,20,26,46,71H,4-7,9-10,12-16,18-19,21-25,27-45,47-70H2,1-3H3/b11-8-,20-17-,46-26-. The Labute approximate surface area is 499 Å². The lowest BCUT2D eigenvalue weighted by Crippen LogP contribution is -2.30. The van der Waals surface area contributed by atoms with Crippen molar-refractivity contribution in [1.29, 1.82) is 0 Å². The van der Waals surface area contributed by atoms with Gasteiger partial charge in [0.15, 0.2) is 6.10 Å². The van der Waals surface area contributed by atoms with E-state index in [0.717, 1.165) is 96.3 Å². The average Bonchev–Trinajstić information content (AvgIpc) is 3.46. The van der Waals surface area contributed by atoms with Gasteiger partial charge in [-0.1, -0.05) is 365 Å². The van der Waals surface area contributed by atoms with Crippen molar-refractivity contribution in [3.63, 3.8) is 0 Å². The van der Waals surface area contributed by atoms with Gasteiger partial charge in [-0.25, -0.2) is 0 Å². The van der Waals surface area contributed by atoms with Crippen molar-refractivity contribution in [3.05, 3.63) is 36.5 Å². The second kappa shape index (κ2) is 69.1. The topological polar surface area (TPSA) is 78.9 Å². The van der Waals surface area contributed by atoms with Gasteiger partial charge < -0.3 is 14.2 Å². The van der Waals surface area contributed by atoms with E-state index in [1.807, 2.05) is 0 Å². The van der Waals surface area contributed by atoms with Crippen LogP contribution in [0.1, 0.15) is 400 Å². The van der Waals surface area contributed by atoms with Crippen LogP contribution in [-0.2, 0) is 28.6 Å². The molecule has 0 saturated carbocycles. The van der Waals surface area contributed by atoms with Crippen LogP contribution in [0.2, 0.25) is 0 Å². The van der Waals surface area contributed by atoms with Crippen LogP contribution in [-0.4, -0.2) is 37.2 Å². The summed E-state index contributed by atoms with van der Waals surface area (Å²) in [5, 5.41) is 0. The van der Waals surface area contributed by atoms with E-state index in [1.165, 1.54) is 263 Å². The van der Waals surface area contributed by atoms with Crippen LogP contribution in [0.15, 0.2) is 36.5 Å². The molecule has 0 bridgehead atoms. The third-order valence-corrected chi connectivity index (χ3v) is 16.4. The highest BCUT2D eigenvalue weighted by atomic mass is 16.6. The minimum atomic E-state index is -0.778. The lowest BCUT2D eigenvalue weighted by atomic mass is 10.0. The maximum Gasteiger partial charge on any atom is 0.306 e. The highest BCUT2D eigenvalue weighted by molar-refractivity contribution is 5.71. The van der Waals surface area contributed by atoms with Crippen LogP contribution in [0.5, 0.6) is 0 Å². The number of hydrogen-bond acceptors (Lipinski definition) is 6. The molecule has 1 atom stereocenters. The summed E-state index contributed by atoms with van der Waals surface area (Å²) in [4.78, 5) is 38.3. The predicted molar refractivity (Wildman–Crippen MR) is 349 cm³/mol. The molecular weight excluding hydrogens is 985 g/mol. The monoisotopic (exact) mass is 1120 g/mol. The zero-order valence-corrected chi connectivity index (χ0v) is 54.1. The van der Waals surface area contributed by atoms with Crippen molar-refractivity contribution < 1.29 is 28.6 Å². The lowest BCUT2D eigenvalue weighted by Gasteiger charge is -2.18. The molecule has 0 aliphatic carbocycles. The quantitative estimate of drug-likeness (QED) is 0.0261. The van der Waals surface area contributed by atoms with E-state index in [2.05, 4.69) is 57.2 Å². The first-order valence-corrected chi connectivity index (χ1v) is 36.0. The van der Waals surface area contributed by atoms with Crippen molar-refractivity contribution in [3.8, 4) is 0 Å². The fourth-order valence-corrected chi connectivity index (χ4v) is 11.1. The molecule has 0 fully saturated rings. The van der Waals surface area contributed by atoms with Crippen molar-refractivity contribution in [1.82, 2.24) is 0 Å². The van der Waals surface area contributed by atoms with Crippen molar-refractivity contribution in [2.24, 2.45) is 0 Å². The van der Waals surface area contributed by atoms with Crippen molar-refractivity contribution >= 4 is 17.9 Å². The first kappa shape index (κ1) is 77.6. The Kier molecular flexibility index (Phi) is 67.1. The van der Waals surface area contributed by atoms with Crippen molar-refractivity contribution in [2.75, 3.05) is 13.2 Å². The summed E-state index contributed by atoms with van der Waals surface area (Å²) in [7, 11) is 0. The second-order valence-electron chi connectivity index (χ2n) is 24.5. The fourth-order valence-electron chi connectivity index (χ4n) is 11.1. The number of rotatable bonds is 67. The van der Waals surface area contributed by atoms with E-state index in [4.69, 9.17) is 14.2 Å². The maximum absolute atomic E-state index is 12.9. The molecule has 6 heteroatoms. The van der Waals surface area contributed by atoms with Crippen LogP contribution in [0.4, 0.5) is 0 Å². The zero-order chi connectivity index (χ0) is 57.8. The summed E-state index contributed by atoms with van der Waals surface area (Å²) in [6.45, 7) is 6.58. The van der Waals surface area contributed by atoms with Crippen LogP contribution >= 0.6 is 0 Å². The van der Waals surface area contributed by atoms with Gasteiger partial charge in [0.25, 0.3) is 0 Å². The van der Waals surface area contributed by atoms with Gasteiger partial charge in [-0.2, -0.15) is 0 Å². The van der Waals surface area contributed by atoms with Crippen LogP contribution in [0.25, 0.3) is 0 Å². The molecule has 0 aromatic rings. The smallest absolute Gasteiger partial charge is 0.306 e. The van der Waals surface area contributed by atoms with Gasteiger partial charge in [0.05, 0.1) is 0 Å². The van der Waals surface area contributed by atoms with E-state index in [1.54, 1.807) is 0 Å². The van der Waals surface area contributed by atoms with E-state index < -0.39 is 6.10 Å². The molecule has 0 amide bonds. The number of unbranched alkanes of at least 4 members (excludes halogenated alkanes) is 50. The van der Waals surface area contributed by atoms with Gasteiger partial charge in [-0.15, -0.1) is 0 Å². The Bertz CT molecular complexity index is 1340. The number of carbonyl (C=O) groups excluding carboxylic acids is 3. The first-order valence-electron chi connectivity index (χ1n) is 36.0. The predicted octanol–water partition coefficient (Wildman–Crippen LogP) is 24.7. The number of hydrogen-bond donors (Lipinski definition) is 0. The largest absolute Gasteiger partial charge is 0.462 e. The molecule has 80 heavy (non-hydrogen) atoms. The molecule has 0 rings (SSSR count). The minimum absolute atomic E-state index is 0.0739. The average molecular weight is 1120 g/mol. The van der Waals surface area contributed by atoms with Crippen molar-refractivity contribution in [2.45, 2.75) is 406 Å². The summed E-state index contributed by atoms with van der Waals surface area (Å²) < 4.78 is 16.9. The van der Waals surface area contributed by atoms with Gasteiger partial charge in [-0.05, 0) is 51.4 Å². The molecule has 0 aliphatic rings. The Balaban J connectivity index is 4.05. The normalized spacial score (nSPS) is 12.2. The van der Waals surface area contributed by atoms with E-state index in [-0.39, 0.29) is 31.1 Å². The molecular formula is C74H138O6. The van der Waals surface area contributed by atoms with Gasteiger partial charge >= 0.3 is 17.9 Å². The van der Waals surface area contributed by atoms with Gasteiger partial charge in [-0.3, -0.25) is 14.4 Å². The third kappa shape index (κ3) is 66.4. The third-order valence-electron chi connectivity index (χ3n) is 16.4. The molecule has 0 aromatic carbocycles. The molecule has 0 aliphatic heterocycles. The summed E-state index contributed by atoms with van der Waals surface area (Å²) in [5.41, 5.74) is 0. The van der Waals surface area contributed by atoms with E-state index in [9.17, 15) is 14.4 Å². The van der Waals surface area contributed by atoms with Crippen LogP contribution in [0.3, 0.4) is 0 Å². The SMILES string of the molecule is CC/C=C\C/C=C\C/C=C\CCCCCCCC(=O)OC(COC(=O)CCCCCCCCCCCCCCC)COC(=O)CCCCCCCCCCCCCCCCCCCCCCCCCCCCCCCCCCCC. The Morgan fingerprint density at radius 3 is 0.762 bits per heavy atom. The summed E-state index contributed by atoms with van der Waals surface area (Å²) in [6, 6.07) is 0. The highest BCUT2D eigenvalue weighted by Crippen LogP contribution is 2.19. The molecule has 1 unspecified atom stereocenters. The summed E-state index contributed by atoms with van der Waals surface area (Å²) >= 11 is 0. The second-order valence-corrected chi connectivity index (χ2v) is 24.5. The molecule has 0 spiro atoms. The Hall–Kier alpha value is -2.37. The van der Waals surface area contributed by atoms with Crippen LogP contribution < -0.4 is 0 Å². The zero-order valence-electron chi connectivity index (χ0n) is 54.1. The van der Waals surface area contributed by atoms with Crippen LogP contribution in [0, 0.1) is 0 Å². The minimum Gasteiger partial charge on any atom is -0.462 e. The van der Waals surface area contributed by atoms with Gasteiger partial charge in [0, 0.05) is 19.3 Å². The molecule has 470 valence electrons. The first-order chi connectivity index (χ1) is 39.5. The Morgan fingerprint density at radius 1 is 0.263 bits per heavy atom. The fraction of sp³-hybridized carbons (Fsp3) is 0.878. The molecule has 0 aromatic heterocycles. The lowest BCUT2D eigenvalue weighted by molar-refractivity contribution is -0.167. The number of ether oxygens (including phenoxy) is 3. The number of carbonyl (C=O) groups is 3. The summed E-state index contributed by atoms with van der Waals surface area (Å²) in [6.07, 6.45) is 86.4. The molecule has 0 saturated heterocycles. The summed E-state index contributed by atoms with van der Waals surface area (Å²) in [5.74, 6) is -0.865. The highest BCUT2D eigenvalue weighted by Gasteiger charge is 2.19. The maximum atomic E-state index is 12.9. The van der Waals surface area contributed by atoms with E-state index in [0.29, 0.717) is 19.3 Å². The molecule has 6 nitrogen and oxygen atoms in total. The molecule has 0 radical (unpaired) electrons. The van der Waals surface area contributed by atoms with Gasteiger partial charge in [0.2, 0.25) is 0 Å². The van der Waals surface area contributed by atoms with E-state index >= 15 is 0 Å². The number of esters is 3. The molecule has 0 heterocycles. The molecule has 0 N–H and O–H groups in total.